The molecule has 2 aromatic rings. The van der Waals surface area contributed by atoms with E-state index in [0.29, 0.717) is 5.15 Å². The topological polar surface area (TPSA) is 29.3 Å². The summed E-state index contributed by atoms with van der Waals surface area (Å²) in [6, 6.07) is 5.76. The second-order valence-corrected chi connectivity index (χ2v) is 3.20. The number of nitrogens with one attached hydrogen (secondary N) is 1. The largest absolute Gasteiger partial charge is 0.313 e. The lowest BCUT2D eigenvalue weighted by atomic mass is 10.4. The van der Waals surface area contributed by atoms with E-state index in [1.54, 1.807) is 0 Å². The summed E-state index contributed by atoms with van der Waals surface area (Å²) in [6.07, 6.45) is 1.82. The molecule has 1 N–H and O–H groups in total. The minimum atomic E-state index is 0.695. The van der Waals surface area contributed by atoms with Gasteiger partial charge in [0.25, 0.3) is 0 Å². The van der Waals surface area contributed by atoms with Gasteiger partial charge < -0.3 is 5.32 Å². The molecular weight excluding hydrogens is 186 g/mol. The van der Waals surface area contributed by atoms with Crippen LogP contribution in [0.1, 0.15) is 5.82 Å². The van der Waals surface area contributed by atoms with Crippen LogP contribution in [0.4, 0.5) is 0 Å². The average Bonchev–Trinajstić information content (AvgIpc) is 2.51. The number of imidazole rings is 1. The lowest BCUT2D eigenvalue weighted by Gasteiger charge is -2.01. The van der Waals surface area contributed by atoms with Gasteiger partial charge in [0.05, 0.1) is 18.3 Å². The van der Waals surface area contributed by atoms with Gasteiger partial charge in [-0.05, 0) is 19.2 Å². The molecule has 2 rings (SSSR count). The maximum Gasteiger partial charge on any atom is 0.128 e. The van der Waals surface area contributed by atoms with Crippen LogP contribution < -0.4 is 5.32 Å². The zero-order chi connectivity index (χ0) is 9.26. The smallest absolute Gasteiger partial charge is 0.128 e. The lowest BCUT2D eigenvalue weighted by molar-refractivity contribution is 0.755. The molecule has 0 saturated carbocycles. The van der Waals surface area contributed by atoms with Crippen molar-refractivity contribution >= 4 is 17.1 Å². The number of hydrogen-bond acceptors (Lipinski definition) is 2. The molecule has 0 radical (unpaired) electrons. The molecule has 0 aliphatic carbocycles. The van der Waals surface area contributed by atoms with Gasteiger partial charge in [-0.3, -0.25) is 4.40 Å². The van der Waals surface area contributed by atoms with Crippen LogP contribution in [-0.4, -0.2) is 16.4 Å². The molecule has 13 heavy (non-hydrogen) atoms. The molecule has 0 aliphatic rings. The van der Waals surface area contributed by atoms with Crippen LogP contribution >= 0.6 is 11.6 Å². The summed E-state index contributed by atoms with van der Waals surface area (Å²) in [7, 11) is 1.89. The van der Waals surface area contributed by atoms with Gasteiger partial charge in [-0.15, -0.1) is 0 Å². The summed E-state index contributed by atoms with van der Waals surface area (Å²) < 4.78 is 1.93. The van der Waals surface area contributed by atoms with Crippen molar-refractivity contribution in [3.05, 3.63) is 35.4 Å². The van der Waals surface area contributed by atoms with Gasteiger partial charge in [-0.25, -0.2) is 4.98 Å². The van der Waals surface area contributed by atoms with E-state index in [4.69, 9.17) is 11.6 Å². The van der Waals surface area contributed by atoms with E-state index < -0.39 is 0 Å². The van der Waals surface area contributed by atoms with Gasteiger partial charge in [-0.1, -0.05) is 17.7 Å². The molecule has 0 atom stereocenters. The first-order valence-corrected chi connectivity index (χ1v) is 4.46. The first kappa shape index (κ1) is 8.53. The van der Waals surface area contributed by atoms with Crippen LogP contribution in [0.15, 0.2) is 24.4 Å². The van der Waals surface area contributed by atoms with Crippen LogP contribution in [-0.2, 0) is 6.54 Å². The first-order chi connectivity index (χ1) is 6.33. The van der Waals surface area contributed by atoms with Gasteiger partial charge in [0, 0.05) is 0 Å². The Kier molecular flexibility index (Phi) is 2.20. The summed E-state index contributed by atoms with van der Waals surface area (Å²) in [4.78, 5) is 4.26. The van der Waals surface area contributed by atoms with Gasteiger partial charge in [-0.2, -0.15) is 0 Å². The van der Waals surface area contributed by atoms with Crippen molar-refractivity contribution < 1.29 is 0 Å². The van der Waals surface area contributed by atoms with Crippen LogP contribution in [0.3, 0.4) is 0 Å². The normalized spacial score (nSPS) is 10.9. The summed E-state index contributed by atoms with van der Waals surface area (Å²) in [6.45, 7) is 0.720. The quantitative estimate of drug-likeness (QED) is 0.740. The van der Waals surface area contributed by atoms with E-state index >= 15 is 0 Å². The van der Waals surface area contributed by atoms with Crippen LogP contribution in [0, 0.1) is 0 Å². The predicted octanol–water partition coefficient (Wildman–Crippen LogP) is 1.71. The fourth-order valence-electron chi connectivity index (χ4n) is 1.35. The third kappa shape index (κ3) is 1.41. The molecule has 68 valence electrons. The minimum Gasteiger partial charge on any atom is -0.313 e. The van der Waals surface area contributed by atoms with E-state index in [1.165, 1.54) is 0 Å². The SMILES string of the molecule is CNCc1ncc2cccc(Cl)n12. The number of fused-ring (bicyclic) bond motifs is 1. The van der Waals surface area contributed by atoms with E-state index in [2.05, 4.69) is 10.3 Å². The maximum absolute atomic E-state index is 6.03. The molecule has 2 aromatic heterocycles. The third-order valence-corrected chi connectivity index (χ3v) is 2.21. The Balaban J connectivity index is 2.64. The standard InChI is InChI=1S/C9H10ClN3/c1-11-6-9-12-5-7-3-2-4-8(10)13(7)9/h2-5,11H,6H2,1H3. The van der Waals surface area contributed by atoms with Crippen LogP contribution in [0.25, 0.3) is 5.52 Å². The molecule has 0 saturated heterocycles. The van der Waals surface area contributed by atoms with E-state index in [-0.39, 0.29) is 0 Å². The number of aromatic nitrogens is 2. The minimum absolute atomic E-state index is 0.695. The zero-order valence-electron chi connectivity index (χ0n) is 7.29. The van der Waals surface area contributed by atoms with E-state index in [9.17, 15) is 0 Å². The Labute approximate surface area is 81.4 Å². The third-order valence-electron chi connectivity index (χ3n) is 1.91. The molecule has 2 heterocycles. The van der Waals surface area contributed by atoms with E-state index in [0.717, 1.165) is 17.9 Å². The molecule has 0 bridgehead atoms. The number of hydrogen-bond donors (Lipinski definition) is 1. The maximum atomic E-state index is 6.03. The highest BCUT2D eigenvalue weighted by atomic mass is 35.5. The average molecular weight is 196 g/mol. The highest BCUT2D eigenvalue weighted by molar-refractivity contribution is 6.29. The Morgan fingerprint density at radius 1 is 1.54 bits per heavy atom. The number of nitrogens with zero attached hydrogens (tertiary/aromatic N) is 2. The molecule has 0 aromatic carbocycles. The summed E-state index contributed by atoms with van der Waals surface area (Å²) in [5, 5.41) is 3.74. The van der Waals surface area contributed by atoms with Gasteiger partial charge in [0.15, 0.2) is 0 Å². The van der Waals surface area contributed by atoms with Crippen molar-refractivity contribution in [1.29, 1.82) is 0 Å². The van der Waals surface area contributed by atoms with Gasteiger partial charge in [0.2, 0.25) is 0 Å². The molecule has 4 heteroatoms. The molecule has 0 aliphatic heterocycles. The Morgan fingerprint density at radius 3 is 3.15 bits per heavy atom. The fourth-order valence-corrected chi connectivity index (χ4v) is 1.62. The number of halogens is 1. The second-order valence-electron chi connectivity index (χ2n) is 2.81. The molecule has 0 unspecified atom stereocenters. The predicted molar refractivity (Wildman–Crippen MR) is 53.0 cm³/mol. The van der Waals surface area contributed by atoms with Crippen molar-refractivity contribution in [3.8, 4) is 0 Å². The number of pyridine rings is 1. The zero-order valence-corrected chi connectivity index (χ0v) is 8.04. The molecular formula is C9H10ClN3. The first-order valence-electron chi connectivity index (χ1n) is 4.08. The van der Waals surface area contributed by atoms with Crippen LogP contribution in [0.2, 0.25) is 5.15 Å². The fraction of sp³-hybridized carbons (Fsp3) is 0.222. The number of rotatable bonds is 2. The summed E-state index contributed by atoms with van der Waals surface area (Å²) in [5.74, 6) is 0.933. The molecule has 0 fully saturated rings. The summed E-state index contributed by atoms with van der Waals surface area (Å²) >= 11 is 6.03. The molecule has 0 spiro atoms. The van der Waals surface area contributed by atoms with Gasteiger partial charge >= 0.3 is 0 Å². The summed E-state index contributed by atoms with van der Waals surface area (Å²) in [5.41, 5.74) is 1.03. The Bertz CT molecular complexity index is 422. The van der Waals surface area contributed by atoms with Gasteiger partial charge in [0.1, 0.15) is 11.0 Å². The highest BCUT2D eigenvalue weighted by Crippen LogP contribution is 2.14. The van der Waals surface area contributed by atoms with E-state index in [1.807, 2.05) is 35.8 Å². The van der Waals surface area contributed by atoms with Crippen molar-refractivity contribution in [2.45, 2.75) is 6.54 Å². The Morgan fingerprint density at radius 2 is 2.38 bits per heavy atom. The monoisotopic (exact) mass is 195 g/mol. The molecule has 3 nitrogen and oxygen atoms in total. The second kappa shape index (κ2) is 3.36. The van der Waals surface area contributed by atoms with Crippen LogP contribution in [0.5, 0.6) is 0 Å². The van der Waals surface area contributed by atoms with Crippen molar-refractivity contribution in [2.75, 3.05) is 7.05 Å². The van der Waals surface area contributed by atoms with Crippen molar-refractivity contribution in [1.82, 2.24) is 14.7 Å². The molecule has 0 amide bonds. The highest BCUT2D eigenvalue weighted by Gasteiger charge is 2.04. The van der Waals surface area contributed by atoms with Crippen molar-refractivity contribution in [2.24, 2.45) is 0 Å². The lowest BCUT2D eigenvalue weighted by Crippen LogP contribution is -2.09. The Hall–Kier alpha value is -1.06. The van der Waals surface area contributed by atoms with Crippen molar-refractivity contribution in [3.63, 3.8) is 0 Å².